The van der Waals surface area contributed by atoms with E-state index in [1.54, 1.807) is 0 Å². The van der Waals surface area contributed by atoms with Crippen molar-refractivity contribution in [1.29, 1.82) is 0 Å². The van der Waals surface area contributed by atoms with Gasteiger partial charge >= 0.3 is 0 Å². The Kier molecular flexibility index (Phi) is 5.05. The molecule has 0 bridgehead atoms. The molecule has 0 saturated heterocycles. The first-order chi connectivity index (χ1) is 10.8. The second-order valence-corrected chi connectivity index (χ2v) is 6.46. The van der Waals surface area contributed by atoms with E-state index in [1.165, 1.54) is 10.9 Å². The molecule has 124 valence electrons. The number of nitrogens with two attached hydrogens (primary N) is 1. The number of hydrogen-bond donors (Lipinski definition) is 3. The Morgan fingerprint density at radius 3 is 2.61 bits per heavy atom. The summed E-state index contributed by atoms with van der Waals surface area (Å²) in [5.41, 5.74) is 6.05. The lowest BCUT2D eigenvalue weighted by molar-refractivity contribution is 0.0890. The lowest BCUT2D eigenvalue weighted by Gasteiger charge is -2.30. The third-order valence-electron chi connectivity index (χ3n) is 3.66. The second kappa shape index (κ2) is 6.83. The maximum absolute atomic E-state index is 12.5. The Hall–Kier alpha value is -2.34. The van der Waals surface area contributed by atoms with E-state index in [0.717, 1.165) is 12.1 Å². The average molecular weight is 316 g/mol. The molecule has 6 nitrogen and oxygen atoms in total. The molecule has 23 heavy (non-hydrogen) atoms. The van der Waals surface area contributed by atoms with Crippen LogP contribution in [0.5, 0.6) is 5.75 Å². The Bertz CT molecular complexity index is 666. The molecule has 6 heteroatoms. The molecule has 1 atom stereocenters. The zero-order valence-corrected chi connectivity index (χ0v) is 13.8. The number of amides is 1. The van der Waals surface area contributed by atoms with Gasteiger partial charge in [0.1, 0.15) is 0 Å². The highest BCUT2D eigenvalue weighted by molar-refractivity contribution is 5.95. The molecular weight excluding hydrogens is 292 g/mol. The van der Waals surface area contributed by atoms with Crippen molar-refractivity contribution < 1.29 is 9.90 Å². The van der Waals surface area contributed by atoms with E-state index < -0.39 is 11.4 Å². The number of nitrogens with one attached hydrogen (secondary N) is 1. The number of carbonyl (C=O) groups excluding carboxylic acids is 1. The van der Waals surface area contributed by atoms with Crippen LogP contribution in [0.3, 0.4) is 0 Å². The highest BCUT2D eigenvalue weighted by Gasteiger charge is 2.28. The van der Waals surface area contributed by atoms with Gasteiger partial charge in [0, 0.05) is 6.54 Å². The van der Waals surface area contributed by atoms with Crippen LogP contribution in [0.15, 0.2) is 36.5 Å². The largest absolute Gasteiger partial charge is 0.504 e. The van der Waals surface area contributed by atoms with Crippen molar-refractivity contribution in [2.45, 2.75) is 32.7 Å². The number of aromatic hydroxyl groups is 1. The Labute approximate surface area is 136 Å². The van der Waals surface area contributed by atoms with Crippen LogP contribution in [-0.2, 0) is 0 Å². The fourth-order valence-electron chi connectivity index (χ4n) is 2.66. The van der Waals surface area contributed by atoms with Crippen molar-refractivity contribution in [3.63, 3.8) is 0 Å². The SMILES string of the molecule is CC(C)CC(C)(CN)NC(=O)c1nn(-c2ccccc2)cc1O. The minimum Gasteiger partial charge on any atom is -0.504 e. The summed E-state index contributed by atoms with van der Waals surface area (Å²) in [4.78, 5) is 12.5. The molecule has 0 aliphatic rings. The van der Waals surface area contributed by atoms with Gasteiger partial charge in [0.15, 0.2) is 11.4 Å². The molecule has 1 heterocycles. The second-order valence-electron chi connectivity index (χ2n) is 6.46. The smallest absolute Gasteiger partial charge is 0.276 e. The maximum Gasteiger partial charge on any atom is 0.276 e. The van der Waals surface area contributed by atoms with Gasteiger partial charge in [-0.3, -0.25) is 4.79 Å². The lowest BCUT2D eigenvalue weighted by Crippen LogP contribution is -2.52. The summed E-state index contributed by atoms with van der Waals surface area (Å²) in [7, 11) is 0. The van der Waals surface area contributed by atoms with Gasteiger partial charge in [-0.2, -0.15) is 5.10 Å². The van der Waals surface area contributed by atoms with Gasteiger partial charge in [-0.05, 0) is 31.4 Å². The number of benzene rings is 1. The zero-order valence-electron chi connectivity index (χ0n) is 13.8. The number of hydrogen-bond acceptors (Lipinski definition) is 4. The molecule has 2 aromatic rings. The molecule has 0 aliphatic carbocycles. The number of nitrogens with zero attached hydrogens (tertiary/aromatic N) is 2. The minimum atomic E-state index is -0.534. The standard InChI is InChI=1S/C17H24N4O2/c1-12(2)9-17(3,11-18)19-16(23)15-14(22)10-21(20-15)13-7-5-4-6-8-13/h4-8,10,12,22H,9,11,18H2,1-3H3,(H,19,23). The van der Waals surface area contributed by atoms with Crippen LogP contribution in [0.4, 0.5) is 0 Å². The molecule has 1 unspecified atom stereocenters. The van der Waals surface area contributed by atoms with E-state index in [2.05, 4.69) is 24.3 Å². The van der Waals surface area contributed by atoms with E-state index >= 15 is 0 Å². The van der Waals surface area contributed by atoms with Gasteiger partial charge in [-0.15, -0.1) is 0 Å². The highest BCUT2D eigenvalue weighted by Crippen LogP contribution is 2.21. The highest BCUT2D eigenvalue weighted by atomic mass is 16.3. The maximum atomic E-state index is 12.5. The quantitative estimate of drug-likeness (QED) is 0.760. The topological polar surface area (TPSA) is 93.2 Å². The summed E-state index contributed by atoms with van der Waals surface area (Å²) in [6, 6.07) is 9.30. The van der Waals surface area contributed by atoms with Crippen molar-refractivity contribution in [3.05, 3.63) is 42.2 Å². The van der Waals surface area contributed by atoms with Gasteiger partial charge in [-0.1, -0.05) is 32.0 Å². The monoisotopic (exact) mass is 316 g/mol. The number of rotatable bonds is 6. The normalized spacial score (nSPS) is 13.8. The van der Waals surface area contributed by atoms with Crippen LogP contribution in [0.1, 0.15) is 37.7 Å². The van der Waals surface area contributed by atoms with E-state index in [1.807, 2.05) is 37.3 Å². The van der Waals surface area contributed by atoms with E-state index in [9.17, 15) is 9.90 Å². The third kappa shape index (κ3) is 4.10. The van der Waals surface area contributed by atoms with Gasteiger partial charge in [0.25, 0.3) is 5.91 Å². The molecule has 1 aromatic carbocycles. The van der Waals surface area contributed by atoms with Crippen LogP contribution < -0.4 is 11.1 Å². The summed E-state index contributed by atoms with van der Waals surface area (Å²) in [6.45, 7) is 6.36. The van der Waals surface area contributed by atoms with Gasteiger partial charge < -0.3 is 16.2 Å². The molecule has 0 fully saturated rings. The van der Waals surface area contributed by atoms with Gasteiger partial charge in [-0.25, -0.2) is 4.68 Å². The van der Waals surface area contributed by atoms with Crippen LogP contribution in [-0.4, -0.2) is 32.9 Å². The minimum absolute atomic E-state index is 0.00251. The zero-order chi connectivity index (χ0) is 17.0. The van der Waals surface area contributed by atoms with Crippen LogP contribution in [0.2, 0.25) is 0 Å². The van der Waals surface area contributed by atoms with Crippen molar-refractivity contribution >= 4 is 5.91 Å². The van der Waals surface area contributed by atoms with Crippen LogP contribution in [0, 0.1) is 5.92 Å². The lowest BCUT2D eigenvalue weighted by atomic mass is 9.90. The van der Waals surface area contributed by atoms with Crippen LogP contribution in [0.25, 0.3) is 5.69 Å². The fourth-order valence-corrected chi connectivity index (χ4v) is 2.66. The fraction of sp³-hybridized carbons (Fsp3) is 0.412. The average Bonchev–Trinajstić information content (AvgIpc) is 2.89. The molecule has 0 saturated carbocycles. The van der Waals surface area contributed by atoms with E-state index in [0.29, 0.717) is 12.5 Å². The Morgan fingerprint density at radius 1 is 1.39 bits per heavy atom. The van der Waals surface area contributed by atoms with Gasteiger partial charge in [0.2, 0.25) is 0 Å². The number of aromatic nitrogens is 2. The first kappa shape index (κ1) is 17.0. The summed E-state index contributed by atoms with van der Waals surface area (Å²) in [5.74, 6) is -0.194. The van der Waals surface area contributed by atoms with E-state index in [4.69, 9.17) is 5.73 Å². The first-order valence-electron chi connectivity index (χ1n) is 7.71. The molecule has 2 rings (SSSR count). The molecule has 1 aromatic heterocycles. The van der Waals surface area contributed by atoms with Gasteiger partial charge in [0.05, 0.1) is 17.4 Å². The molecule has 0 radical (unpaired) electrons. The van der Waals surface area contributed by atoms with Crippen molar-refractivity contribution in [3.8, 4) is 11.4 Å². The third-order valence-corrected chi connectivity index (χ3v) is 3.66. The van der Waals surface area contributed by atoms with Crippen molar-refractivity contribution in [2.24, 2.45) is 11.7 Å². The van der Waals surface area contributed by atoms with Crippen molar-refractivity contribution in [1.82, 2.24) is 15.1 Å². The molecule has 0 aliphatic heterocycles. The molecule has 0 spiro atoms. The summed E-state index contributed by atoms with van der Waals surface area (Å²) >= 11 is 0. The first-order valence-corrected chi connectivity index (χ1v) is 7.71. The molecule has 1 amide bonds. The predicted molar refractivity (Wildman–Crippen MR) is 89.6 cm³/mol. The predicted octanol–water partition coefficient (Wildman–Crippen LogP) is 2.07. The summed E-state index contributed by atoms with van der Waals surface area (Å²) < 4.78 is 1.48. The van der Waals surface area contributed by atoms with E-state index in [-0.39, 0.29) is 11.4 Å². The Balaban J connectivity index is 2.22. The molecule has 4 N–H and O–H groups in total. The van der Waals surface area contributed by atoms with Crippen LogP contribution >= 0.6 is 0 Å². The molecular formula is C17H24N4O2. The van der Waals surface area contributed by atoms with Crippen molar-refractivity contribution in [2.75, 3.05) is 6.54 Å². The number of carbonyl (C=O) groups is 1. The summed E-state index contributed by atoms with van der Waals surface area (Å²) in [5, 5.41) is 17.1. The Morgan fingerprint density at radius 2 is 2.04 bits per heavy atom. The number of para-hydroxylation sites is 1. The summed E-state index contributed by atoms with van der Waals surface area (Å²) in [6.07, 6.45) is 2.17.